The van der Waals surface area contributed by atoms with Crippen LogP contribution >= 0.6 is 0 Å². The summed E-state index contributed by atoms with van der Waals surface area (Å²) in [5.74, 6) is 1.44. The highest BCUT2D eigenvalue weighted by Crippen LogP contribution is 2.22. The maximum atomic E-state index is 12.3. The van der Waals surface area contributed by atoms with Crippen LogP contribution in [0.3, 0.4) is 0 Å². The van der Waals surface area contributed by atoms with Crippen molar-refractivity contribution in [3.63, 3.8) is 0 Å². The van der Waals surface area contributed by atoms with E-state index in [0.29, 0.717) is 6.42 Å². The Kier molecular flexibility index (Phi) is 4.53. The number of carbonyl (C=O) groups excluding carboxylic acids is 1. The van der Waals surface area contributed by atoms with Crippen LogP contribution in [-0.2, 0) is 11.2 Å². The van der Waals surface area contributed by atoms with Crippen molar-refractivity contribution >= 4 is 22.6 Å². The van der Waals surface area contributed by atoms with Gasteiger partial charge in [0.05, 0.1) is 24.6 Å². The third kappa shape index (κ3) is 3.79. The first kappa shape index (κ1) is 16.8. The van der Waals surface area contributed by atoms with E-state index in [1.165, 1.54) is 0 Å². The van der Waals surface area contributed by atoms with E-state index in [9.17, 15) is 4.79 Å². The van der Waals surface area contributed by atoms with Crippen LogP contribution in [-0.4, -0.2) is 28.0 Å². The summed E-state index contributed by atoms with van der Waals surface area (Å²) in [6.07, 6.45) is 3.78. The highest BCUT2D eigenvalue weighted by atomic mass is 16.5. The first-order chi connectivity index (χ1) is 13.2. The number of pyridine rings is 1. The second-order valence-electron chi connectivity index (χ2n) is 6.13. The smallest absolute Gasteiger partial charge is 0.228 e. The van der Waals surface area contributed by atoms with Gasteiger partial charge < -0.3 is 15.0 Å². The van der Waals surface area contributed by atoms with Gasteiger partial charge in [0.15, 0.2) is 0 Å². The standard InChI is InChI=1S/C21H18N4O2/c1-27-17-7-4-14(5-8-17)11-20(26)23-16-6-9-18-19(12-16)25-21(24-18)15-3-2-10-22-13-15/h2-10,12-13H,11H2,1H3,(H,23,26)(H,24,25). The third-order valence-corrected chi connectivity index (χ3v) is 4.22. The van der Waals surface area contributed by atoms with Gasteiger partial charge >= 0.3 is 0 Å². The molecule has 0 aliphatic rings. The molecule has 0 radical (unpaired) electrons. The average molecular weight is 358 g/mol. The molecular weight excluding hydrogens is 340 g/mol. The van der Waals surface area contributed by atoms with Crippen LogP contribution in [0, 0.1) is 0 Å². The fourth-order valence-corrected chi connectivity index (χ4v) is 2.86. The monoisotopic (exact) mass is 358 g/mol. The molecule has 134 valence electrons. The minimum Gasteiger partial charge on any atom is -0.497 e. The van der Waals surface area contributed by atoms with E-state index in [1.807, 2.05) is 54.6 Å². The van der Waals surface area contributed by atoms with Crippen molar-refractivity contribution in [2.75, 3.05) is 12.4 Å². The maximum absolute atomic E-state index is 12.3. The normalized spacial score (nSPS) is 10.7. The number of nitrogens with zero attached hydrogens (tertiary/aromatic N) is 2. The lowest BCUT2D eigenvalue weighted by Crippen LogP contribution is -2.14. The summed E-state index contributed by atoms with van der Waals surface area (Å²) >= 11 is 0. The zero-order valence-electron chi connectivity index (χ0n) is 14.8. The van der Waals surface area contributed by atoms with Crippen LogP contribution in [0.4, 0.5) is 5.69 Å². The van der Waals surface area contributed by atoms with Gasteiger partial charge in [-0.05, 0) is 48.0 Å². The minimum absolute atomic E-state index is 0.0773. The molecule has 2 heterocycles. The van der Waals surface area contributed by atoms with Crippen LogP contribution in [0.2, 0.25) is 0 Å². The molecule has 27 heavy (non-hydrogen) atoms. The number of anilines is 1. The van der Waals surface area contributed by atoms with E-state index in [0.717, 1.165) is 39.4 Å². The second-order valence-corrected chi connectivity index (χ2v) is 6.13. The molecular formula is C21H18N4O2. The first-order valence-electron chi connectivity index (χ1n) is 8.54. The topological polar surface area (TPSA) is 79.9 Å². The van der Waals surface area contributed by atoms with Crippen LogP contribution in [0.25, 0.3) is 22.4 Å². The fourth-order valence-electron chi connectivity index (χ4n) is 2.86. The van der Waals surface area contributed by atoms with Gasteiger partial charge in [-0.25, -0.2) is 4.98 Å². The van der Waals surface area contributed by atoms with Crippen molar-refractivity contribution in [3.8, 4) is 17.1 Å². The molecule has 0 spiro atoms. The number of rotatable bonds is 5. The van der Waals surface area contributed by atoms with Crippen molar-refractivity contribution < 1.29 is 9.53 Å². The summed E-state index contributed by atoms with van der Waals surface area (Å²) in [7, 11) is 1.62. The Morgan fingerprint density at radius 2 is 2.00 bits per heavy atom. The number of aromatic nitrogens is 3. The Hall–Kier alpha value is -3.67. The van der Waals surface area contributed by atoms with Crippen LogP contribution in [0.1, 0.15) is 5.56 Å². The molecule has 0 saturated carbocycles. The van der Waals surface area contributed by atoms with E-state index >= 15 is 0 Å². The molecule has 0 atom stereocenters. The predicted molar refractivity (Wildman–Crippen MR) is 105 cm³/mol. The van der Waals surface area contributed by atoms with Gasteiger partial charge in [-0.3, -0.25) is 9.78 Å². The number of carbonyl (C=O) groups is 1. The minimum atomic E-state index is -0.0773. The fraction of sp³-hybridized carbons (Fsp3) is 0.0952. The van der Waals surface area contributed by atoms with Crippen molar-refractivity contribution in [2.24, 2.45) is 0 Å². The van der Waals surface area contributed by atoms with Gasteiger partial charge in [0, 0.05) is 23.6 Å². The van der Waals surface area contributed by atoms with Gasteiger partial charge in [-0.2, -0.15) is 0 Å². The van der Waals surface area contributed by atoms with E-state index in [1.54, 1.807) is 19.5 Å². The highest BCUT2D eigenvalue weighted by Gasteiger charge is 2.08. The van der Waals surface area contributed by atoms with E-state index in [2.05, 4.69) is 20.3 Å². The van der Waals surface area contributed by atoms with Gasteiger partial charge in [0.25, 0.3) is 0 Å². The molecule has 0 unspecified atom stereocenters. The Balaban J connectivity index is 1.49. The number of benzene rings is 2. The van der Waals surface area contributed by atoms with Crippen LogP contribution in [0.5, 0.6) is 5.75 Å². The zero-order valence-corrected chi connectivity index (χ0v) is 14.8. The molecule has 4 aromatic rings. The van der Waals surface area contributed by atoms with E-state index in [4.69, 9.17) is 4.74 Å². The van der Waals surface area contributed by atoms with Crippen LogP contribution < -0.4 is 10.1 Å². The summed E-state index contributed by atoms with van der Waals surface area (Å²) in [5, 5.41) is 2.93. The number of imidazole rings is 1. The lowest BCUT2D eigenvalue weighted by Gasteiger charge is -2.06. The summed E-state index contributed by atoms with van der Waals surface area (Å²) in [4.78, 5) is 24.3. The molecule has 0 aliphatic carbocycles. The summed E-state index contributed by atoms with van der Waals surface area (Å²) in [6.45, 7) is 0. The molecule has 2 aromatic heterocycles. The second kappa shape index (κ2) is 7.29. The molecule has 6 heteroatoms. The quantitative estimate of drug-likeness (QED) is 0.568. The molecule has 4 rings (SSSR count). The van der Waals surface area contributed by atoms with Gasteiger partial charge in [-0.15, -0.1) is 0 Å². The summed E-state index contributed by atoms with van der Waals surface area (Å²) < 4.78 is 5.13. The number of aromatic amines is 1. The Bertz CT molecular complexity index is 1070. The number of fused-ring (bicyclic) bond motifs is 1. The van der Waals surface area contributed by atoms with Gasteiger partial charge in [0.2, 0.25) is 5.91 Å². The van der Waals surface area contributed by atoms with Crippen LogP contribution in [0.15, 0.2) is 67.0 Å². The molecule has 0 fully saturated rings. The van der Waals surface area contributed by atoms with Gasteiger partial charge in [-0.1, -0.05) is 12.1 Å². The Morgan fingerprint density at radius 3 is 2.74 bits per heavy atom. The number of methoxy groups -OCH3 is 1. The highest BCUT2D eigenvalue weighted by molar-refractivity contribution is 5.94. The summed E-state index contributed by atoms with van der Waals surface area (Å²) in [6, 6.07) is 16.9. The van der Waals surface area contributed by atoms with Crippen molar-refractivity contribution in [2.45, 2.75) is 6.42 Å². The number of amides is 1. The Morgan fingerprint density at radius 1 is 1.15 bits per heavy atom. The van der Waals surface area contributed by atoms with Gasteiger partial charge in [0.1, 0.15) is 11.6 Å². The average Bonchev–Trinajstić information content (AvgIpc) is 3.12. The molecule has 0 saturated heterocycles. The zero-order chi connectivity index (χ0) is 18.6. The molecule has 1 amide bonds. The largest absolute Gasteiger partial charge is 0.497 e. The number of hydrogen-bond donors (Lipinski definition) is 2. The maximum Gasteiger partial charge on any atom is 0.228 e. The molecule has 2 aromatic carbocycles. The molecule has 6 nitrogen and oxygen atoms in total. The Labute approximate surface area is 156 Å². The SMILES string of the molecule is COc1ccc(CC(=O)Nc2ccc3nc(-c4cccnc4)[nH]c3c2)cc1. The van der Waals surface area contributed by atoms with Crippen molar-refractivity contribution in [3.05, 3.63) is 72.6 Å². The number of ether oxygens (including phenoxy) is 1. The summed E-state index contributed by atoms with van der Waals surface area (Å²) in [5.41, 5.74) is 4.26. The number of H-pyrrole nitrogens is 1. The van der Waals surface area contributed by atoms with E-state index < -0.39 is 0 Å². The first-order valence-corrected chi connectivity index (χ1v) is 8.54. The van der Waals surface area contributed by atoms with E-state index in [-0.39, 0.29) is 5.91 Å². The molecule has 0 aliphatic heterocycles. The molecule has 0 bridgehead atoms. The number of hydrogen-bond acceptors (Lipinski definition) is 4. The van der Waals surface area contributed by atoms with Crippen molar-refractivity contribution in [1.29, 1.82) is 0 Å². The lowest BCUT2D eigenvalue weighted by molar-refractivity contribution is -0.115. The lowest BCUT2D eigenvalue weighted by atomic mass is 10.1. The van der Waals surface area contributed by atoms with Crippen molar-refractivity contribution in [1.82, 2.24) is 15.0 Å². The number of nitrogens with one attached hydrogen (secondary N) is 2. The predicted octanol–water partition coefficient (Wildman–Crippen LogP) is 3.81. The molecule has 2 N–H and O–H groups in total. The third-order valence-electron chi connectivity index (χ3n) is 4.22.